The van der Waals surface area contributed by atoms with Crippen molar-refractivity contribution in [1.29, 1.82) is 0 Å². The fraction of sp³-hybridized carbons (Fsp3) is 0.350. The Labute approximate surface area is 161 Å². The van der Waals surface area contributed by atoms with Crippen LogP contribution in [-0.2, 0) is 14.8 Å². The number of amides is 1. The molecule has 146 valence electrons. The van der Waals surface area contributed by atoms with Crippen molar-refractivity contribution in [3.63, 3.8) is 0 Å². The molecule has 4 N–H and O–H groups in total. The van der Waals surface area contributed by atoms with E-state index < -0.39 is 16.1 Å². The van der Waals surface area contributed by atoms with Crippen LogP contribution in [0.25, 0.3) is 0 Å². The van der Waals surface area contributed by atoms with E-state index in [1.807, 2.05) is 26.0 Å². The molecule has 0 unspecified atom stereocenters. The molecule has 0 bridgehead atoms. The molecule has 0 aromatic heterocycles. The molecule has 0 saturated carbocycles. The molecule has 2 aromatic rings. The highest BCUT2D eigenvalue weighted by atomic mass is 32.2. The molecule has 27 heavy (non-hydrogen) atoms. The summed E-state index contributed by atoms with van der Waals surface area (Å²) in [6.07, 6.45) is 1.75. The first-order valence-corrected chi connectivity index (χ1v) is 10.5. The van der Waals surface area contributed by atoms with E-state index in [9.17, 15) is 13.2 Å². The van der Waals surface area contributed by atoms with Crippen molar-refractivity contribution in [2.24, 2.45) is 5.73 Å². The largest absolute Gasteiger partial charge is 0.330 e. The van der Waals surface area contributed by atoms with Gasteiger partial charge in [0.05, 0.1) is 4.90 Å². The minimum Gasteiger partial charge on any atom is -0.330 e. The van der Waals surface area contributed by atoms with E-state index in [0.29, 0.717) is 25.1 Å². The van der Waals surface area contributed by atoms with E-state index in [1.165, 1.54) is 12.1 Å². The van der Waals surface area contributed by atoms with Crippen LogP contribution in [0, 0.1) is 13.8 Å². The number of hydrogen-bond donors (Lipinski definition) is 3. The average Bonchev–Trinajstić information content (AvgIpc) is 2.63. The molecule has 0 fully saturated rings. The Morgan fingerprint density at radius 2 is 1.52 bits per heavy atom. The van der Waals surface area contributed by atoms with Gasteiger partial charge in [-0.05, 0) is 57.5 Å². The molecule has 0 spiro atoms. The Hall–Kier alpha value is -2.22. The van der Waals surface area contributed by atoms with Gasteiger partial charge in [-0.1, -0.05) is 41.8 Å². The van der Waals surface area contributed by atoms with Crippen LogP contribution < -0.4 is 15.8 Å². The number of carbonyl (C=O) groups is 1. The zero-order chi connectivity index (χ0) is 19.9. The summed E-state index contributed by atoms with van der Waals surface area (Å²) >= 11 is 0. The Bertz CT molecular complexity index is 847. The molecule has 0 radical (unpaired) electrons. The maximum atomic E-state index is 12.7. The van der Waals surface area contributed by atoms with Crippen molar-refractivity contribution in [3.8, 4) is 0 Å². The second-order valence-electron chi connectivity index (χ2n) is 6.63. The average molecular weight is 390 g/mol. The number of carbonyl (C=O) groups excluding carboxylic acids is 1. The number of nitrogens with two attached hydrogens (primary N) is 1. The normalized spacial score (nSPS) is 12.6. The van der Waals surface area contributed by atoms with Crippen molar-refractivity contribution in [3.05, 3.63) is 59.7 Å². The molecule has 2 aromatic carbocycles. The van der Waals surface area contributed by atoms with Crippen molar-refractivity contribution in [2.75, 3.05) is 11.9 Å². The summed E-state index contributed by atoms with van der Waals surface area (Å²) in [5, 5.41) is 2.78. The maximum Gasteiger partial charge on any atom is 0.242 e. The summed E-state index contributed by atoms with van der Waals surface area (Å²) < 4.78 is 27.9. The zero-order valence-corrected chi connectivity index (χ0v) is 16.6. The molecule has 0 aliphatic carbocycles. The topological polar surface area (TPSA) is 101 Å². The van der Waals surface area contributed by atoms with Crippen molar-refractivity contribution in [2.45, 2.75) is 44.0 Å². The van der Waals surface area contributed by atoms with Gasteiger partial charge in [0.2, 0.25) is 15.9 Å². The molecule has 0 aliphatic heterocycles. The first-order chi connectivity index (χ1) is 12.8. The van der Waals surface area contributed by atoms with E-state index in [4.69, 9.17) is 5.73 Å². The van der Waals surface area contributed by atoms with E-state index in [1.54, 1.807) is 24.3 Å². The highest BCUT2D eigenvalue weighted by Crippen LogP contribution is 2.14. The third-order valence-electron chi connectivity index (χ3n) is 4.21. The number of benzene rings is 2. The van der Waals surface area contributed by atoms with Crippen LogP contribution in [0.2, 0.25) is 0 Å². The van der Waals surface area contributed by atoms with Crippen molar-refractivity contribution < 1.29 is 13.2 Å². The summed E-state index contributed by atoms with van der Waals surface area (Å²) in [7, 11) is -3.80. The van der Waals surface area contributed by atoms with E-state index in [2.05, 4.69) is 10.0 Å². The highest BCUT2D eigenvalue weighted by molar-refractivity contribution is 7.89. The summed E-state index contributed by atoms with van der Waals surface area (Å²) in [4.78, 5) is 12.8. The minimum atomic E-state index is -3.80. The molecule has 0 saturated heterocycles. The lowest BCUT2D eigenvalue weighted by Gasteiger charge is -2.19. The molecular formula is C20H27N3O3S. The number of sulfonamides is 1. The van der Waals surface area contributed by atoms with Crippen LogP contribution in [0.3, 0.4) is 0 Å². The standard InChI is InChI=1S/C20H27N3O3S/c1-15-6-10-17(11-7-15)22-20(24)19(5-3-4-14-21)23-27(25,26)18-12-8-16(2)9-13-18/h6-13,19,23H,3-5,14,21H2,1-2H3,(H,22,24)/t19-/m0/s1. The van der Waals surface area contributed by atoms with Crippen LogP contribution in [0.15, 0.2) is 53.4 Å². The Morgan fingerprint density at radius 3 is 2.07 bits per heavy atom. The van der Waals surface area contributed by atoms with Gasteiger partial charge in [-0.15, -0.1) is 0 Å². The van der Waals surface area contributed by atoms with E-state index in [0.717, 1.165) is 17.5 Å². The van der Waals surface area contributed by atoms with Gasteiger partial charge in [0.25, 0.3) is 0 Å². The number of aryl methyl sites for hydroxylation is 2. The summed E-state index contributed by atoms with van der Waals surface area (Å²) in [5.74, 6) is -0.383. The monoisotopic (exact) mass is 389 g/mol. The van der Waals surface area contributed by atoms with Crippen LogP contribution in [0.5, 0.6) is 0 Å². The predicted octanol–water partition coefficient (Wildman–Crippen LogP) is 2.72. The first-order valence-electron chi connectivity index (χ1n) is 8.98. The van der Waals surface area contributed by atoms with Gasteiger partial charge >= 0.3 is 0 Å². The molecule has 2 rings (SSSR count). The van der Waals surface area contributed by atoms with Crippen molar-refractivity contribution >= 4 is 21.6 Å². The van der Waals surface area contributed by atoms with Crippen molar-refractivity contribution in [1.82, 2.24) is 4.72 Å². The van der Waals surface area contributed by atoms with Crippen LogP contribution >= 0.6 is 0 Å². The number of rotatable bonds is 9. The van der Waals surface area contributed by atoms with Gasteiger partial charge in [-0.2, -0.15) is 4.72 Å². The lowest BCUT2D eigenvalue weighted by molar-refractivity contribution is -0.117. The lowest BCUT2D eigenvalue weighted by atomic mass is 10.1. The van der Waals surface area contributed by atoms with Gasteiger partial charge in [-0.3, -0.25) is 4.79 Å². The molecular weight excluding hydrogens is 362 g/mol. The van der Waals surface area contributed by atoms with Gasteiger partial charge in [-0.25, -0.2) is 8.42 Å². The highest BCUT2D eigenvalue weighted by Gasteiger charge is 2.25. The molecule has 6 nitrogen and oxygen atoms in total. The minimum absolute atomic E-state index is 0.139. The van der Waals surface area contributed by atoms with Gasteiger partial charge in [0, 0.05) is 5.69 Å². The smallest absolute Gasteiger partial charge is 0.242 e. The van der Waals surface area contributed by atoms with Gasteiger partial charge < -0.3 is 11.1 Å². The molecule has 0 aliphatic rings. The zero-order valence-electron chi connectivity index (χ0n) is 15.7. The SMILES string of the molecule is Cc1ccc(NC(=O)[C@H](CCCCN)NS(=O)(=O)c2ccc(C)cc2)cc1. The van der Waals surface area contributed by atoms with E-state index in [-0.39, 0.29) is 10.8 Å². The predicted molar refractivity (Wildman–Crippen MR) is 108 cm³/mol. The fourth-order valence-electron chi connectivity index (χ4n) is 2.58. The number of hydrogen-bond acceptors (Lipinski definition) is 4. The fourth-order valence-corrected chi connectivity index (χ4v) is 3.81. The molecule has 1 amide bonds. The summed E-state index contributed by atoms with van der Waals surface area (Å²) in [6.45, 7) is 4.34. The third kappa shape index (κ3) is 6.46. The van der Waals surface area contributed by atoms with Gasteiger partial charge in [0.15, 0.2) is 0 Å². The maximum absolute atomic E-state index is 12.7. The second-order valence-corrected chi connectivity index (χ2v) is 8.34. The molecule has 0 heterocycles. The van der Waals surface area contributed by atoms with Crippen LogP contribution in [0.1, 0.15) is 30.4 Å². The Balaban J connectivity index is 2.15. The Morgan fingerprint density at radius 1 is 0.963 bits per heavy atom. The first kappa shape index (κ1) is 21.1. The van der Waals surface area contributed by atoms with Crippen LogP contribution in [-0.4, -0.2) is 26.9 Å². The quantitative estimate of drug-likeness (QED) is 0.574. The number of nitrogens with one attached hydrogen (secondary N) is 2. The van der Waals surface area contributed by atoms with Gasteiger partial charge in [0.1, 0.15) is 6.04 Å². The number of unbranched alkanes of at least 4 members (excludes halogenated alkanes) is 1. The Kier molecular flexibility index (Phi) is 7.53. The van der Waals surface area contributed by atoms with Crippen LogP contribution in [0.4, 0.5) is 5.69 Å². The molecule has 7 heteroatoms. The summed E-state index contributed by atoms with van der Waals surface area (Å²) in [5.41, 5.74) is 8.19. The lowest BCUT2D eigenvalue weighted by Crippen LogP contribution is -2.43. The van der Waals surface area contributed by atoms with E-state index >= 15 is 0 Å². The summed E-state index contributed by atoms with van der Waals surface area (Å²) in [6, 6.07) is 13.0. The molecule has 1 atom stereocenters. The number of anilines is 1. The third-order valence-corrected chi connectivity index (χ3v) is 5.70. The second kappa shape index (κ2) is 9.64.